The number of aliphatic carboxylic acids is 1. The van der Waals surface area contributed by atoms with Crippen LogP contribution in [0.5, 0.6) is 0 Å². The minimum absolute atomic E-state index is 0.0785. The summed E-state index contributed by atoms with van der Waals surface area (Å²) in [5.74, 6) is -3.08. The molecule has 1 unspecified atom stereocenters. The van der Waals surface area contributed by atoms with E-state index < -0.39 is 29.7 Å². The maximum atomic E-state index is 13.7. The Labute approximate surface area is 133 Å². The number of carbonyl (C=O) groups is 2. The summed E-state index contributed by atoms with van der Waals surface area (Å²) < 4.78 is 26.9. The smallest absolute Gasteiger partial charge is 0.315 e. The molecule has 1 aliphatic rings. The third-order valence-electron chi connectivity index (χ3n) is 4.21. The van der Waals surface area contributed by atoms with Crippen molar-refractivity contribution in [1.29, 1.82) is 0 Å². The van der Waals surface area contributed by atoms with E-state index in [0.717, 1.165) is 6.07 Å². The highest BCUT2D eigenvalue weighted by atomic mass is 19.2. The van der Waals surface area contributed by atoms with Gasteiger partial charge >= 0.3 is 12.0 Å². The summed E-state index contributed by atoms with van der Waals surface area (Å²) in [7, 11) is 0. The van der Waals surface area contributed by atoms with Crippen molar-refractivity contribution in [1.82, 2.24) is 10.6 Å². The van der Waals surface area contributed by atoms with Gasteiger partial charge in [-0.25, -0.2) is 13.6 Å². The lowest BCUT2D eigenvalue weighted by Gasteiger charge is -2.27. The van der Waals surface area contributed by atoms with Gasteiger partial charge in [0.25, 0.3) is 0 Å². The van der Waals surface area contributed by atoms with Gasteiger partial charge in [-0.05, 0) is 38.7 Å². The van der Waals surface area contributed by atoms with Crippen LogP contribution in [0.25, 0.3) is 0 Å². The van der Waals surface area contributed by atoms with Crippen LogP contribution in [0.2, 0.25) is 0 Å². The zero-order valence-electron chi connectivity index (χ0n) is 12.8. The fourth-order valence-electron chi connectivity index (χ4n) is 2.84. The van der Waals surface area contributed by atoms with Crippen LogP contribution in [-0.4, -0.2) is 23.1 Å². The Bertz CT molecular complexity index is 587. The minimum Gasteiger partial charge on any atom is -0.481 e. The number of amides is 2. The summed E-state index contributed by atoms with van der Waals surface area (Å²) in [5.41, 5.74) is 0.0785. The van der Waals surface area contributed by atoms with E-state index in [-0.39, 0.29) is 17.5 Å². The van der Waals surface area contributed by atoms with Crippen LogP contribution in [0.3, 0.4) is 0 Å². The van der Waals surface area contributed by atoms with Crippen LogP contribution in [0.15, 0.2) is 18.2 Å². The van der Waals surface area contributed by atoms with Gasteiger partial charge in [0, 0.05) is 11.6 Å². The number of carbonyl (C=O) groups excluding carboxylic acids is 1. The molecule has 0 heterocycles. The molecular weight excluding hydrogens is 306 g/mol. The van der Waals surface area contributed by atoms with Crippen LogP contribution in [0, 0.1) is 17.6 Å². The zero-order valence-corrected chi connectivity index (χ0v) is 12.8. The van der Waals surface area contributed by atoms with E-state index in [2.05, 4.69) is 10.6 Å². The molecule has 23 heavy (non-hydrogen) atoms. The van der Waals surface area contributed by atoms with Gasteiger partial charge in [-0.3, -0.25) is 4.79 Å². The van der Waals surface area contributed by atoms with Gasteiger partial charge in [-0.15, -0.1) is 0 Å². The first kappa shape index (κ1) is 17.2. The molecule has 126 valence electrons. The van der Waals surface area contributed by atoms with Gasteiger partial charge in [-0.2, -0.15) is 0 Å². The number of carboxylic acid groups (broad SMARTS) is 1. The molecule has 0 radical (unpaired) electrons. The Morgan fingerprint density at radius 3 is 2.48 bits per heavy atom. The largest absolute Gasteiger partial charge is 0.481 e. The predicted octanol–water partition coefficient (Wildman–Crippen LogP) is 2.97. The monoisotopic (exact) mass is 326 g/mol. The SMILES string of the molecule is CC(NC(=O)NC1CCC(C(=O)O)CC1)c1cccc(F)c1F. The highest BCUT2D eigenvalue weighted by molar-refractivity contribution is 5.75. The van der Waals surface area contributed by atoms with E-state index in [0.29, 0.717) is 25.7 Å². The summed E-state index contributed by atoms with van der Waals surface area (Å²) in [6.45, 7) is 1.57. The van der Waals surface area contributed by atoms with E-state index >= 15 is 0 Å². The summed E-state index contributed by atoms with van der Waals surface area (Å²) >= 11 is 0. The Morgan fingerprint density at radius 1 is 1.22 bits per heavy atom. The molecule has 1 atom stereocenters. The minimum atomic E-state index is -0.970. The van der Waals surface area contributed by atoms with Crippen molar-refractivity contribution >= 4 is 12.0 Å². The van der Waals surface area contributed by atoms with Gasteiger partial charge in [0.05, 0.1) is 12.0 Å². The van der Waals surface area contributed by atoms with Gasteiger partial charge in [0.15, 0.2) is 11.6 Å². The van der Waals surface area contributed by atoms with Crippen LogP contribution in [0.1, 0.15) is 44.2 Å². The molecule has 0 saturated heterocycles. The van der Waals surface area contributed by atoms with Crippen LogP contribution < -0.4 is 10.6 Å². The molecule has 2 rings (SSSR count). The standard InChI is InChI=1S/C16H20F2N2O3/c1-9(12-3-2-4-13(17)14(12)18)19-16(23)20-11-7-5-10(6-8-11)15(21)22/h2-4,9-11H,5-8H2,1H3,(H,21,22)(H2,19,20,23). The molecule has 1 aromatic carbocycles. The predicted molar refractivity (Wildman–Crippen MR) is 79.8 cm³/mol. The quantitative estimate of drug-likeness (QED) is 0.796. The molecule has 1 aromatic rings. The second kappa shape index (κ2) is 7.39. The average Bonchev–Trinajstić information content (AvgIpc) is 2.50. The van der Waals surface area contributed by atoms with E-state index in [4.69, 9.17) is 5.11 Å². The molecule has 1 saturated carbocycles. The molecular formula is C16H20F2N2O3. The molecule has 2 amide bonds. The average molecular weight is 326 g/mol. The fraction of sp³-hybridized carbons (Fsp3) is 0.500. The second-order valence-electron chi connectivity index (χ2n) is 5.87. The van der Waals surface area contributed by atoms with Crippen molar-refractivity contribution in [2.75, 3.05) is 0 Å². The Kier molecular flexibility index (Phi) is 5.52. The molecule has 7 heteroatoms. The highest BCUT2D eigenvalue weighted by Gasteiger charge is 2.27. The number of hydrogen-bond donors (Lipinski definition) is 3. The van der Waals surface area contributed by atoms with Gasteiger partial charge in [-0.1, -0.05) is 12.1 Å². The van der Waals surface area contributed by atoms with Crippen molar-refractivity contribution < 1.29 is 23.5 Å². The number of urea groups is 1. The second-order valence-corrected chi connectivity index (χ2v) is 5.87. The summed E-state index contributed by atoms with van der Waals surface area (Å²) in [6.07, 6.45) is 2.23. The van der Waals surface area contributed by atoms with Crippen LogP contribution >= 0.6 is 0 Å². The lowest BCUT2D eigenvalue weighted by molar-refractivity contribution is -0.142. The lowest BCUT2D eigenvalue weighted by Crippen LogP contribution is -2.45. The Hall–Kier alpha value is -2.18. The topological polar surface area (TPSA) is 78.4 Å². The molecule has 1 fully saturated rings. The number of rotatable bonds is 4. The number of benzene rings is 1. The maximum Gasteiger partial charge on any atom is 0.315 e. The first-order valence-corrected chi connectivity index (χ1v) is 7.62. The van der Waals surface area contributed by atoms with Crippen LogP contribution in [-0.2, 0) is 4.79 Å². The van der Waals surface area contributed by atoms with Crippen molar-refractivity contribution in [3.8, 4) is 0 Å². The number of halogens is 2. The third kappa shape index (κ3) is 4.40. The molecule has 0 spiro atoms. The number of nitrogens with one attached hydrogen (secondary N) is 2. The van der Waals surface area contributed by atoms with Crippen molar-refractivity contribution in [2.24, 2.45) is 5.92 Å². The molecule has 0 bridgehead atoms. The Morgan fingerprint density at radius 2 is 1.87 bits per heavy atom. The van der Waals surface area contributed by atoms with Gasteiger partial charge in [0.2, 0.25) is 0 Å². The van der Waals surface area contributed by atoms with E-state index in [1.54, 1.807) is 6.92 Å². The Balaban J connectivity index is 1.85. The number of hydrogen-bond acceptors (Lipinski definition) is 2. The van der Waals surface area contributed by atoms with Gasteiger partial charge < -0.3 is 15.7 Å². The third-order valence-corrected chi connectivity index (χ3v) is 4.21. The first-order chi connectivity index (χ1) is 10.9. The summed E-state index contributed by atoms with van der Waals surface area (Å²) in [5, 5.41) is 14.3. The fourth-order valence-corrected chi connectivity index (χ4v) is 2.84. The molecule has 3 N–H and O–H groups in total. The molecule has 1 aliphatic carbocycles. The molecule has 0 aromatic heterocycles. The first-order valence-electron chi connectivity index (χ1n) is 7.62. The zero-order chi connectivity index (χ0) is 17.0. The van der Waals surface area contributed by atoms with Crippen LogP contribution in [0.4, 0.5) is 13.6 Å². The van der Waals surface area contributed by atoms with Crippen molar-refractivity contribution in [3.05, 3.63) is 35.4 Å². The molecule has 5 nitrogen and oxygen atoms in total. The van der Waals surface area contributed by atoms with Crippen molar-refractivity contribution in [3.63, 3.8) is 0 Å². The summed E-state index contributed by atoms with van der Waals surface area (Å²) in [6, 6.07) is 2.57. The highest BCUT2D eigenvalue weighted by Crippen LogP contribution is 2.24. The van der Waals surface area contributed by atoms with E-state index in [9.17, 15) is 18.4 Å². The van der Waals surface area contributed by atoms with E-state index in [1.807, 2.05) is 0 Å². The van der Waals surface area contributed by atoms with Crippen molar-refractivity contribution in [2.45, 2.75) is 44.7 Å². The summed E-state index contributed by atoms with van der Waals surface area (Å²) in [4.78, 5) is 22.8. The maximum absolute atomic E-state index is 13.7. The van der Waals surface area contributed by atoms with E-state index in [1.165, 1.54) is 12.1 Å². The number of carboxylic acids is 1. The lowest BCUT2D eigenvalue weighted by atomic mass is 9.86. The molecule has 0 aliphatic heterocycles. The van der Waals surface area contributed by atoms with Gasteiger partial charge in [0.1, 0.15) is 0 Å². The normalized spacial score (nSPS) is 22.2.